The molecule has 0 saturated heterocycles. The normalized spacial score (nSPS) is 12.5. The minimum atomic E-state index is -0.772. The first kappa shape index (κ1) is 63.1. The van der Waals surface area contributed by atoms with Crippen molar-refractivity contribution in [2.75, 3.05) is 13.2 Å². The van der Waals surface area contributed by atoms with E-state index >= 15 is 0 Å². The Hall–Kier alpha value is -2.89. The maximum atomic E-state index is 12.8. The first-order valence-electron chi connectivity index (χ1n) is 28.3. The molecule has 0 aliphatic rings. The molecule has 0 aromatic heterocycles. The topological polar surface area (TPSA) is 78.9 Å². The lowest BCUT2D eigenvalue weighted by molar-refractivity contribution is -0.167. The average molecular weight is 924 g/mol. The van der Waals surface area contributed by atoms with E-state index in [4.69, 9.17) is 14.2 Å². The first-order valence-corrected chi connectivity index (χ1v) is 28.3. The summed E-state index contributed by atoms with van der Waals surface area (Å²) in [5.74, 6) is -0.882. The maximum absolute atomic E-state index is 12.8. The van der Waals surface area contributed by atoms with Crippen molar-refractivity contribution in [1.82, 2.24) is 0 Å². The fraction of sp³-hybridized carbons (Fsp3) is 0.783. The number of carbonyl (C=O) groups is 3. The summed E-state index contributed by atoms with van der Waals surface area (Å²) in [6.07, 6.45) is 68.1. The predicted octanol–water partition coefficient (Wildman–Crippen LogP) is 18.8. The summed E-state index contributed by atoms with van der Waals surface area (Å²) in [6, 6.07) is 0. The van der Waals surface area contributed by atoms with E-state index in [-0.39, 0.29) is 31.1 Å². The van der Waals surface area contributed by atoms with Gasteiger partial charge in [0, 0.05) is 19.3 Å². The van der Waals surface area contributed by atoms with Crippen molar-refractivity contribution in [2.24, 2.45) is 0 Å². The van der Waals surface area contributed by atoms with E-state index in [1.165, 1.54) is 161 Å². The highest BCUT2D eigenvalue weighted by Crippen LogP contribution is 2.16. The van der Waals surface area contributed by atoms with E-state index in [0.29, 0.717) is 19.3 Å². The van der Waals surface area contributed by atoms with E-state index in [9.17, 15) is 14.4 Å². The van der Waals surface area contributed by atoms with Crippen LogP contribution in [0.4, 0.5) is 0 Å². The van der Waals surface area contributed by atoms with Gasteiger partial charge in [0.05, 0.1) is 0 Å². The Morgan fingerprint density at radius 2 is 0.591 bits per heavy atom. The van der Waals surface area contributed by atoms with Crippen LogP contribution in [0.1, 0.15) is 284 Å². The average Bonchev–Trinajstić information content (AvgIpc) is 3.31. The largest absolute Gasteiger partial charge is 0.462 e. The van der Waals surface area contributed by atoms with Gasteiger partial charge in [-0.15, -0.1) is 0 Å². The van der Waals surface area contributed by atoms with Crippen LogP contribution < -0.4 is 0 Å². The summed E-state index contributed by atoms with van der Waals surface area (Å²) < 4.78 is 16.8. The second-order valence-electron chi connectivity index (χ2n) is 18.8. The minimum Gasteiger partial charge on any atom is -0.462 e. The van der Waals surface area contributed by atoms with Crippen molar-refractivity contribution in [3.05, 3.63) is 60.8 Å². The fourth-order valence-electron chi connectivity index (χ4n) is 8.02. The molecule has 0 aliphatic carbocycles. The van der Waals surface area contributed by atoms with Crippen LogP contribution in [-0.2, 0) is 28.6 Å². The molecule has 66 heavy (non-hydrogen) atoms. The van der Waals surface area contributed by atoms with E-state index < -0.39 is 6.10 Å². The third-order valence-electron chi connectivity index (χ3n) is 12.3. The quantitative estimate of drug-likeness (QED) is 0.0262. The van der Waals surface area contributed by atoms with Crippen molar-refractivity contribution in [3.63, 3.8) is 0 Å². The third kappa shape index (κ3) is 52.1. The molecule has 0 aromatic rings. The molecule has 0 aromatic carbocycles. The Kier molecular flexibility index (Phi) is 52.3. The van der Waals surface area contributed by atoms with Crippen molar-refractivity contribution < 1.29 is 28.6 Å². The van der Waals surface area contributed by atoms with Gasteiger partial charge in [-0.1, -0.05) is 242 Å². The van der Waals surface area contributed by atoms with Crippen molar-refractivity contribution >= 4 is 17.9 Å². The summed E-state index contributed by atoms with van der Waals surface area (Å²) >= 11 is 0. The van der Waals surface area contributed by atoms with Gasteiger partial charge in [0.2, 0.25) is 0 Å². The van der Waals surface area contributed by atoms with E-state index in [1.54, 1.807) is 0 Å². The molecule has 1 unspecified atom stereocenters. The Labute approximate surface area is 409 Å². The zero-order valence-electron chi connectivity index (χ0n) is 43.7. The number of hydrogen-bond donors (Lipinski definition) is 0. The van der Waals surface area contributed by atoms with Crippen LogP contribution in [-0.4, -0.2) is 37.2 Å². The standard InChI is InChI=1S/C60H106O6/c1-4-7-10-13-16-18-20-22-24-26-27-28-29-30-31-32-33-35-36-38-40-42-44-47-50-53-59(62)65-56-57(55-64-58(61)52-49-46-15-12-9-6-3)66-60(63)54-51-48-45-43-41-39-37-34-25-23-21-19-17-14-11-8-5-2/h7,10,16,18,22-25,27-28,57H,4-6,8-9,11-15,17,19-21,26,29-56H2,1-3H3/b10-7-,18-16-,24-22-,25-23-,28-27-. The van der Waals surface area contributed by atoms with Crippen LogP contribution in [0.25, 0.3) is 0 Å². The number of esters is 3. The maximum Gasteiger partial charge on any atom is 0.306 e. The van der Waals surface area contributed by atoms with Gasteiger partial charge in [0.1, 0.15) is 13.2 Å². The number of hydrogen-bond acceptors (Lipinski definition) is 6. The molecule has 0 bridgehead atoms. The molecule has 1 atom stereocenters. The van der Waals surface area contributed by atoms with Gasteiger partial charge >= 0.3 is 17.9 Å². The van der Waals surface area contributed by atoms with Crippen molar-refractivity contribution in [3.8, 4) is 0 Å². The van der Waals surface area contributed by atoms with Crippen LogP contribution in [0.5, 0.6) is 0 Å². The zero-order chi connectivity index (χ0) is 47.9. The Morgan fingerprint density at radius 3 is 0.939 bits per heavy atom. The van der Waals surface area contributed by atoms with E-state index in [2.05, 4.69) is 81.5 Å². The van der Waals surface area contributed by atoms with Gasteiger partial charge < -0.3 is 14.2 Å². The molecular weight excluding hydrogens is 817 g/mol. The highest BCUT2D eigenvalue weighted by molar-refractivity contribution is 5.71. The number of rotatable bonds is 51. The number of ether oxygens (including phenoxy) is 3. The van der Waals surface area contributed by atoms with Gasteiger partial charge in [-0.2, -0.15) is 0 Å². The summed E-state index contributed by atoms with van der Waals surface area (Å²) in [7, 11) is 0. The van der Waals surface area contributed by atoms with Gasteiger partial charge in [-0.25, -0.2) is 0 Å². The molecule has 0 fully saturated rings. The second kappa shape index (κ2) is 54.7. The lowest BCUT2D eigenvalue weighted by Gasteiger charge is -2.18. The molecule has 6 nitrogen and oxygen atoms in total. The molecule has 0 spiro atoms. The SMILES string of the molecule is CC/C=C\C/C=C\C/C=C\C/C=C\CCCCCCCCCCCCCCC(=O)OCC(COC(=O)CCCCCCCC)OC(=O)CCCCCCCCC/C=C\CCCCCCCC. The van der Waals surface area contributed by atoms with Gasteiger partial charge in [-0.05, 0) is 83.5 Å². The summed E-state index contributed by atoms with van der Waals surface area (Å²) in [5.41, 5.74) is 0. The molecule has 0 heterocycles. The molecule has 0 rings (SSSR count). The zero-order valence-corrected chi connectivity index (χ0v) is 43.7. The predicted molar refractivity (Wildman–Crippen MR) is 284 cm³/mol. The molecule has 0 saturated carbocycles. The molecule has 382 valence electrons. The van der Waals surface area contributed by atoms with Gasteiger partial charge in [0.15, 0.2) is 6.10 Å². The smallest absolute Gasteiger partial charge is 0.306 e. The number of unbranched alkanes of at least 4 members (excludes halogenated alkanes) is 30. The molecule has 0 aliphatic heterocycles. The highest BCUT2D eigenvalue weighted by atomic mass is 16.6. The summed E-state index contributed by atoms with van der Waals surface area (Å²) in [6.45, 7) is 6.48. The van der Waals surface area contributed by atoms with Crippen LogP contribution in [0, 0.1) is 0 Å². The lowest BCUT2D eigenvalue weighted by atomic mass is 10.0. The molecular formula is C60H106O6. The van der Waals surface area contributed by atoms with Crippen LogP contribution >= 0.6 is 0 Å². The van der Waals surface area contributed by atoms with Crippen LogP contribution in [0.2, 0.25) is 0 Å². The lowest BCUT2D eigenvalue weighted by Crippen LogP contribution is -2.30. The van der Waals surface area contributed by atoms with Gasteiger partial charge in [0.25, 0.3) is 0 Å². The number of allylic oxidation sites excluding steroid dienone is 10. The molecule has 0 radical (unpaired) electrons. The van der Waals surface area contributed by atoms with Crippen molar-refractivity contribution in [2.45, 2.75) is 290 Å². The molecule has 0 N–H and O–H groups in total. The van der Waals surface area contributed by atoms with Gasteiger partial charge in [-0.3, -0.25) is 14.4 Å². The molecule has 6 heteroatoms. The first-order chi connectivity index (χ1) is 32.5. The third-order valence-corrected chi connectivity index (χ3v) is 12.3. The second-order valence-corrected chi connectivity index (χ2v) is 18.8. The summed E-state index contributed by atoms with van der Waals surface area (Å²) in [5, 5.41) is 0. The molecule has 0 amide bonds. The van der Waals surface area contributed by atoms with Crippen LogP contribution in [0.15, 0.2) is 60.8 Å². The van der Waals surface area contributed by atoms with E-state index in [1.807, 2.05) is 0 Å². The number of carbonyl (C=O) groups excluding carboxylic acids is 3. The minimum absolute atomic E-state index is 0.0748. The Morgan fingerprint density at radius 1 is 0.318 bits per heavy atom. The summed E-state index contributed by atoms with van der Waals surface area (Å²) in [4.78, 5) is 37.8. The van der Waals surface area contributed by atoms with Crippen LogP contribution in [0.3, 0.4) is 0 Å². The fourth-order valence-corrected chi connectivity index (χ4v) is 8.02. The highest BCUT2D eigenvalue weighted by Gasteiger charge is 2.19. The Bertz CT molecular complexity index is 1200. The van der Waals surface area contributed by atoms with E-state index in [0.717, 1.165) is 83.5 Å². The monoisotopic (exact) mass is 923 g/mol. The van der Waals surface area contributed by atoms with Crippen molar-refractivity contribution in [1.29, 1.82) is 0 Å². The Balaban J connectivity index is 4.12.